The van der Waals surface area contributed by atoms with Crippen molar-refractivity contribution in [2.45, 2.75) is 12.6 Å². The number of anilines is 1. The summed E-state index contributed by atoms with van der Waals surface area (Å²) >= 11 is 5.12. The van der Waals surface area contributed by atoms with Gasteiger partial charge in [-0.05, 0) is 55.1 Å². The van der Waals surface area contributed by atoms with Gasteiger partial charge in [0, 0.05) is 34.1 Å². The summed E-state index contributed by atoms with van der Waals surface area (Å²) in [4.78, 5) is 0. The summed E-state index contributed by atoms with van der Waals surface area (Å²) in [5, 5.41) is 16.1. The minimum Gasteiger partial charge on any atom is -1.00 e. The molecule has 0 saturated heterocycles. The maximum atomic E-state index is 11.7. The third-order valence-electron chi connectivity index (χ3n) is 4.79. The largest absolute Gasteiger partial charge is 1.00 e. The molecule has 0 aromatic heterocycles. The number of allylic oxidation sites excluding steroid dienone is 1. The van der Waals surface area contributed by atoms with Gasteiger partial charge in [0.05, 0.1) is 5.56 Å². The molecule has 3 aromatic rings. The second kappa shape index (κ2) is 9.96. The van der Waals surface area contributed by atoms with E-state index in [1.807, 2.05) is 96.4 Å². The van der Waals surface area contributed by atoms with Crippen molar-refractivity contribution in [3.05, 3.63) is 107 Å². The second-order valence-corrected chi connectivity index (χ2v) is 8.85. The molecular formula is C24H22Br2N2OS. The molecule has 1 aliphatic heterocycles. The molecule has 4 rings (SSSR count). The molecule has 0 amide bonds. The highest BCUT2D eigenvalue weighted by atomic mass is 79.9. The summed E-state index contributed by atoms with van der Waals surface area (Å²) < 4.78 is 3.08. The predicted molar refractivity (Wildman–Crippen MR) is 126 cm³/mol. The van der Waals surface area contributed by atoms with Gasteiger partial charge in [-0.1, -0.05) is 52.3 Å². The predicted octanol–water partition coefficient (Wildman–Crippen LogP) is 3.10. The van der Waals surface area contributed by atoms with E-state index in [9.17, 15) is 5.11 Å². The molecule has 0 spiro atoms. The molecule has 0 bridgehead atoms. The van der Waals surface area contributed by atoms with Gasteiger partial charge < -0.3 is 27.4 Å². The van der Waals surface area contributed by atoms with E-state index in [0.717, 1.165) is 32.2 Å². The minimum atomic E-state index is -1.10. The Morgan fingerprint density at radius 1 is 1.00 bits per heavy atom. The zero-order valence-corrected chi connectivity index (χ0v) is 20.4. The number of aliphatic hydroxyl groups is 1. The summed E-state index contributed by atoms with van der Waals surface area (Å²) in [5.41, 5.74) is 2.78. The molecule has 3 aromatic carbocycles. The Labute approximate surface area is 200 Å². The number of nitrogens with one attached hydrogen (secondary N) is 1. The molecule has 2 N–H and O–H groups in total. The molecule has 154 valence electrons. The minimum absolute atomic E-state index is 0. The SMILES string of the molecule is C/C(=C\C1=[N+](c2ccccc2)C(O)(c2ccccc2)CS1)Nc1ccc(Br)cc1.[Br-]. The number of thioether (sulfide) groups is 1. The Morgan fingerprint density at radius 2 is 1.60 bits per heavy atom. The fraction of sp³-hybridized carbons (Fsp3) is 0.125. The maximum absolute atomic E-state index is 11.7. The van der Waals surface area contributed by atoms with Gasteiger partial charge in [-0.25, -0.2) is 0 Å². The lowest BCUT2D eigenvalue weighted by Crippen LogP contribution is -3.00. The average Bonchev–Trinajstić information content (AvgIpc) is 3.08. The molecule has 1 unspecified atom stereocenters. The molecule has 6 heteroatoms. The van der Waals surface area contributed by atoms with E-state index in [-0.39, 0.29) is 17.0 Å². The summed E-state index contributed by atoms with van der Waals surface area (Å²) in [6.07, 6.45) is 2.10. The Morgan fingerprint density at radius 3 is 2.23 bits per heavy atom. The molecule has 0 radical (unpaired) electrons. The van der Waals surface area contributed by atoms with Gasteiger partial charge in [-0.3, -0.25) is 0 Å². The summed E-state index contributed by atoms with van der Waals surface area (Å²) in [7, 11) is 0. The van der Waals surface area contributed by atoms with Crippen LogP contribution in [0, 0.1) is 0 Å². The first-order valence-corrected chi connectivity index (χ1v) is 11.2. The van der Waals surface area contributed by atoms with Gasteiger partial charge >= 0.3 is 5.72 Å². The number of hydrogen-bond donors (Lipinski definition) is 2. The number of halogens is 2. The summed E-state index contributed by atoms with van der Waals surface area (Å²) in [6.45, 7) is 2.04. The van der Waals surface area contributed by atoms with Crippen molar-refractivity contribution < 1.29 is 26.7 Å². The number of hydrogen-bond acceptors (Lipinski definition) is 3. The van der Waals surface area contributed by atoms with E-state index >= 15 is 0 Å². The van der Waals surface area contributed by atoms with Crippen LogP contribution in [0.4, 0.5) is 11.4 Å². The van der Waals surface area contributed by atoms with Crippen LogP contribution in [0.5, 0.6) is 0 Å². The zero-order valence-electron chi connectivity index (χ0n) is 16.4. The van der Waals surface area contributed by atoms with Crippen molar-refractivity contribution in [1.82, 2.24) is 0 Å². The molecule has 1 atom stereocenters. The fourth-order valence-electron chi connectivity index (χ4n) is 3.41. The first-order valence-electron chi connectivity index (χ1n) is 9.40. The van der Waals surface area contributed by atoms with Gasteiger partial charge in [0.25, 0.3) is 0 Å². The van der Waals surface area contributed by atoms with Crippen molar-refractivity contribution >= 4 is 44.1 Å². The lowest BCUT2D eigenvalue weighted by Gasteiger charge is -2.20. The van der Waals surface area contributed by atoms with E-state index in [1.54, 1.807) is 11.8 Å². The van der Waals surface area contributed by atoms with E-state index in [4.69, 9.17) is 0 Å². The number of benzene rings is 3. The van der Waals surface area contributed by atoms with Crippen LogP contribution in [-0.4, -0.2) is 20.5 Å². The lowest BCUT2D eigenvalue weighted by atomic mass is 10.0. The average molecular weight is 546 g/mol. The van der Waals surface area contributed by atoms with Gasteiger partial charge in [-0.2, -0.15) is 4.58 Å². The van der Waals surface area contributed by atoms with Crippen molar-refractivity contribution in [3.8, 4) is 0 Å². The molecule has 1 heterocycles. The van der Waals surface area contributed by atoms with E-state index in [0.29, 0.717) is 5.75 Å². The van der Waals surface area contributed by atoms with E-state index in [1.165, 1.54) is 0 Å². The third-order valence-corrected chi connectivity index (χ3v) is 6.46. The van der Waals surface area contributed by atoms with E-state index in [2.05, 4.69) is 27.3 Å². The van der Waals surface area contributed by atoms with Crippen LogP contribution >= 0.6 is 27.7 Å². The smallest absolute Gasteiger partial charge is 0.307 e. The molecular weight excluding hydrogens is 524 g/mol. The van der Waals surface area contributed by atoms with Crippen molar-refractivity contribution in [2.75, 3.05) is 11.1 Å². The van der Waals surface area contributed by atoms with Crippen LogP contribution in [0.3, 0.4) is 0 Å². The van der Waals surface area contributed by atoms with Crippen LogP contribution in [0.25, 0.3) is 0 Å². The van der Waals surface area contributed by atoms with Gasteiger partial charge in [0.15, 0.2) is 0 Å². The van der Waals surface area contributed by atoms with Crippen LogP contribution in [0.1, 0.15) is 12.5 Å². The molecule has 30 heavy (non-hydrogen) atoms. The highest BCUT2D eigenvalue weighted by Gasteiger charge is 2.50. The van der Waals surface area contributed by atoms with Crippen molar-refractivity contribution in [2.24, 2.45) is 0 Å². The van der Waals surface area contributed by atoms with Gasteiger partial charge in [-0.15, -0.1) is 0 Å². The Hall–Kier alpha value is -1.86. The zero-order chi connectivity index (χ0) is 20.3. The molecule has 0 fully saturated rings. The first-order chi connectivity index (χ1) is 14.1. The monoisotopic (exact) mass is 544 g/mol. The topological polar surface area (TPSA) is 35.3 Å². The molecule has 0 saturated carbocycles. The van der Waals surface area contributed by atoms with Crippen molar-refractivity contribution in [1.29, 1.82) is 0 Å². The highest BCUT2D eigenvalue weighted by molar-refractivity contribution is 9.10. The van der Waals surface area contributed by atoms with Gasteiger partial charge in [0.1, 0.15) is 5.75 Å². The Bertz CT molecular complexity index is 1050. The molecule has 1 aliphatic rings. The van der Waals surface area contributed by atoms with Crippen LogP contribution in [0.2, 0.25) is 0 Å². The summed E-state index contributed by atoms with van der Waals surface area (Å²) in [5.74, 6) is 0.559. The molecule has 3 nitrogen and oxygen atoms in total. The standard InChI is InChI=1S/C24H21BrN2OS.BrH/c1-18(26-21-14-12-20(25)13-15-21)16-23-27(22-10-6-3-7-11-22)24(28,17-29-23)19-8-4-2-5-9-19;/h2-16,28H,17H2,1H3;1H. The van der Waals surface area contributed by atoms with Crippen LogP contribution < -0.4 is 22.3 Å². The normalized spacial score (nSPS) is 18.8. The first kappa shape index (κ1) is 22.8. The van der Waals surface area contributed by atoms with Crippen LogP contribution in [0.15, 0.2) is 101 Å². The van der Waals surface area contributed by atoms with Crippen molar-refractivity contribution in [3.63, 3.8) is 0 Å². The Kier molecular flexibility index (Phi) is 7.58. The number of nitrogens with zero attached hydrogens (tertiary/aromatic N) is 1. The fourth-order valence-corrected chi connectivity index (χ4v) is 4.96. The molecule has 0 aliphatic carbocycles. The third kappa shape index (κ3) is 4.89. The highest BCUT2D eigenvalue weighted by Crippen LogP contribution is 2.39. The number of rotatable bonds is 5. The lowest BCUT2D eigenvalue weighted by molar-refractivity contribution is -0.592. The second-order valence-electron chi connectivity index (χ2n) is 6.94. The van der Waals surface area contributed by atoms with Crippen LogP contribution in [-0.2, 0) is 5.72 Å². The maximum Gasteiger partial charge on any atom is 0.307 e. The van der Waals surface area contributed by atoms with Gasteiger partial charge in [0.2, 0.25) is 10.7 Å². The van der Waals surface area contributed by atoms with E-state index < -0.39 is 5.72 Å². The number of para-hydroxylation sites is 1. The quantitative estimate of drug-likeness (QED) is 0.484. The Balaban J connectivity index is 0.00000256. The summed E-state index contributed by atoms with van der Waals surface area (Å²) in [6, 6.07) is 28.0.